The van der Waals surface area contributed by atoms with E-state index < -0.39 is 0 Å². The van der Waals surface area contributed by atoms with Crippen LogP contribution >= 0.6 is 0 Å². The van der Waals surface area contributed by atoms with E-state index in [4.69, 9.17) is 18.9 Å². The molecule has 1 fully saturated rings. The normalized spacial score (nSPS) is 15.1. The lowest BCUT2D eigenvalue weighted by Gasteiger charge is -2.13. The number of aryl methyl sites for hydroxylation is 1. The summed E-state index contributed by atoms with van der Waals surface area (Å²) in [7, 11) is 3.32. The van der Waals surface area contributed by atoms with Gasteiger partial charge in [-0.3, -0.25) is 4.90 Å². The van der Waals surface area contributed by atoms with E-state index in [9.17, 15) is 0 Å². The van der Waals surface area contributed by atoms with Crippen molar-refractivity contribution in [3.05, 3.63) is 29.2 Å². The number of aromatic nitrogens is 1. The van der Waals surface area contributed by atoms with Gasteiger partial charge in [0.25, 0.3) is 0 Å². The van der Waals surface area contributed by atoms with Crippen LogP contribution in [0.25, 0.3) is 11.5 Å². The molecule has 0 N–H and O–H groups in total. The zero-order valence-corrected chi connectivity index (χ0v) is 14.3. The van der Waals surface area contributed by atoms with Crippen LogP contribution < -0.4 is 9.47 Å². The van der Waals surface area contributed by atoms with E-state index in [2.05, 4.69) is 4.90 Å². The van der Waals surface area contributed by atoms with Crippen LogP contribution in [0.3, 0.4) is 0 Å². The highest BCUT2D eigenvalue weighted by atomic mass is 16.5. The van der Waals surface area contributed by atoms with Crippen molar-refractivity contribution in [2.45, 2.75) is 33.2 Å². The molecule has 23 heavy (non-hydrogen) atoms. The van der Waals surface area contributed by atoms with E-state index in [1.54, 1.807) is 14.2 Å². The molecule has 0 spiro atoms. The highest BCUT2D eigenvalue weighted by Gasteiger charge is 2.21. The predicted octanol–water partition coefficient (Wildman–Crippen LogP) is 3.57. The number of likely N-dealkylation sites (tertiary alicyclic amines) is 1. The summed E-state index contributed by atoms with van der Waals surface area (Å²) in [5, 5.41) is 0. The molecule has 0 amide bonds. The summed E-state index contributed by atoms with van der Waals surface area (Å²) in [5.74, 6) is 3.03. The largest absolute Gasteiger partial charge is 0.496 e. The van der Waals surface area contributed by atoms with Crippen LogP contribution in [0.5, 0.6) is 11.5 Å². The number of hydrogen-bond donors (Lipinski definition) is 0. The Labute approximate surface area is 137 Å². The molecule has 2 aromatic rings. The molecule has 0 atom stereocenters. The van der Waals surface area contributed by atoms with Crippen molar-refractivity contribution >= 4 is 0 Å². The van der Waals surface area contributed by atoms with Crippen molar-refractivity contribution in [3.63, 3.8) is 0 Å². The van der Waals surface area contributed by atoms with Crippen molar-refractivity contribution in [2.75, 3.05) is 27.3 Å². The Morgan fingerprint density at radius 2 is 1.87 bits per heavy atom. The Hall–Kier alpha value is -2.01. The van der Waals surface area contributed by atoms with Crippen LogP contribution in [0.15, 0.2) is 16.5 Å². The Bertz CT molecular complexity index is 688. The smallest absolute Gasteiger partial charge is 0.230 e. The first-order valence-electron chi connectivity index (χ1n) is 8.04. The van der Waals surface area contributed by atoms with Gasteiger partial charge in [0.1, 0.15) is 17.3 Å². The van der Waals surface area contributed by atoms with Crippen LogP contribution in [0, 0.1) is 13.8 Å². The average Bonchev–Trinajstić information content (AvgIpc) is 3.18. The minimum Gasteiger partial charge on any atom is -0.496 e. The second-order valence-corrected chi connectivity index (χ2v) is 5.98. The highest BCUT2D eigenvalue weighted by molar-refractivity contribution is 5.68. The Morgan fingerprint density at radius 1 is 1.13 bits per heavy atom. The molecular weight excluding hydrogens is 292 g/mol. The number of nitrogens with zero attached hydrogens (tertiary/aromatic N) is 2. The molecule has 0 saturated carbocycles. The maximum absolute atomic E-state index is 5.92. The zero-order chi connectivity index (χ0) is 16.4. The minimum absolute atomic E-state index is 0.610. The van der Waals surface area contributed by atoms with Gasteiger partial charge in [0.15, 0.2) is 0 Å². The molecule has 0 aliphatic carbocycles. The lowest BCUT2D eigenvalue weighted by molar-refractivity contribution is 0.325. The third kappa shape index (κ3) is 3.06. The molecule has 1 saturated heterocycles. The molecule has 2 heterocycles. The van der Waals surface area contributed by atoms with Gasteiger partial charge in [0, 0.05) is 12.1 Å². The van der Waals surface area contributed by atoms with Gasteiger partial charge in [0.05, 0.1) is 25.5 Å². The van der Waals surface area contributed by atoms with Crippen LogP contribution in [-0.4, -0.2) is 37.2 Å². The first-order chi connectivity index (χ1) is 11.1. The molecule has 3 rings (SSSR count). The van der Waals surface area contributed by atoms with Gasteiger partial charge < -0.3 is 13.9 Å². The summed E-state index contributed by atoms with van der Waals surface area (Å²) in [5.41, 5.74) is 2.82. The maximum Gasteiger partial charge on any atom is 0.230 e. The fourth-order valence-electron chi connectivity index (χ4n) is 3.17. The molecule has 5 nitrogen and oxygen atoms in total. The molecule has 1 aromatic carbocycles. The Kier molecular flexibility index (Phi) is 4.57. The van der Waals surface area contributed by atoms with Crippen LogP contribution in [0.4, 0.5) is 0 Å². The number of rotatable bonds is 5. The van der Waals surface area contributed by atoms with Gasteiger partial charge >= 0.3 is 0 Å². The maximum atomic E-state index is 5.92. The summed E-state index contributed by atoms with van der Waals surface area (Å²) in [6.07, 6.45) is 2.55. The van der Waals surface area contributed by atoms with Crippen molar-refractivity contribution < 1.29 is 13.9 Å². The topological polar surface area (TPSA) is 47.7 Å². The molecule has 124 valence electrons. The highest BCUT2D eigenvalue weighted by Crippen LogP contribution is 2.38. The van der Waals surface area contributed by atoms with Gasteiger partial charge in [-0.25, -0.2) is 4.98 Å². The van der Waals surface area contributed by atoms with Crippen molar-refractivity contribution in [1.29, 1.82) is 0 Å². The van der Waals surface area contributed by atoms with Crippen molar-refractivity contribution in [1.82, 2.24) is 9.88 Å². The monoisotopic (exact) mass is 316 g/mol. The number of oxazole rings is 1. The Morgan fingerprint density at radius 3 is 2.52 bits per heavy atom. The predicted molar refractivity (Wildman–Crippen MR) is 89.0 cm³/mol. The zero-order valence-electron chi connectivity index (χ0n) is 14.3. The van der Waals surface area contributed by atoms with Gasteiger partial charge in [-0.15, -0.1) is 0 Å². The fourth-order valence-corrected chi connectivity index (χ4v) is 3.17. The van der Waals surface area contributed by atoms with Gasteiger partial charge in [-0.05, 0) is 51.9 Å². The third-order valence-electron chi connectivity index (χ3n) is 4.48. The average molecular weight is 316 g/mol. The lowest BCUT2D eigenvalue weighted by atomic mass is 10.1. The lowest BCUT2D eigenvalue weighted by Crippen LogP contribution is -2.19. The SMILES string of the molecule is COc1ccc(-c2nc(CN3CCCC3)c(C)o2)c(OC)c1C. The van der Waals surface area contributed by atoms with Crippen LogP contribution in [0.1, 0.15) is 29.9 Å². The van der Waals surface area contributed by atoms with E-state index in [1.165, 1.54) is 12.8 Å². The number of methoxy groups -OCH3 is 2. The quantitative estimate of drug-likeness (QED) is 0.844. The van der Waals surface area contributed by atoms with Crippen LogP contribution in [-0.2, 0) is 6.54 Å². The van der Waals surface area contributed by atoms with Crippen LogP contribution in [0.2, 0.25) is 0 Å². The standard InChI is InChI=1S/C18H24N2O3/c1-12-16(21-3)8-7-14(17(12)22-4)18-19-15(13(2)23-18)11-20-9-5-6-10-20/h7-8H,5-6,9-11H2,1-4H3. The molecule has 0 unspecified atom stereocenters. The van der Waals surface area contributed by atoms with Crippen molar-refractivity contribution in [2.24, 2.45) is 0 Å². The van der Waals surface area contributed by atoms with E-state index in [1.807, 2.05) is 26.0 Å². The number of benzene rings is 1. The summed E-state index contributed by atoms with van der Waals surface area (Å²) in [4.78, 5) is 7.14. The molecule has 0 radical (unpaired) electrons. The van der Waals surface area contributed by atoms with E-state index in [0.29, 0.717) is 5.89 Å². The first-order valence-corrected chi connectivity index (χ1v) is 8.04. The molecule has 1 aliphatic rings. The molecule has 0 bridgehead atoms. The first kappa shape index (κ1) is 15.9. The molecule has 1 aliphatic heterocycles. The minimum atomic E-state index is 0.610. The summed E-state index contributed by atoms with van der Waals surface area (Å²) in [6, 6.07) is 3.86. The van der Waals surface area contributed by atoms with Gasteiger partial charge in [-0.1, -0.05) is 0 Å². The molecule has 5 heteroatoms. The van der Waals surface area contributed by atoms with E-state index >= 15 is 0 Å². The third-order valence-corrected chi connectivity index (χ3v) is 4.48. The second kappa shape index (κ2) is 6.62. The summed E-state index contributed by atoms with van der Waals surface area (Å²) in [6.45, 7) is 7.10. The Balaban J connectivity index is 1.94. The van der Waals surface area contributed by atoms with E-state index in [-0.39, 0.29) is 0 Å². The van der Waals surface area contributed by atoms with E-state index in [0.717, 1.165) is 53.7 Å². The summed E-state index contributed by atoms with van der Waals surface area (Å²) >= 11 is 0. The summed E-state index contributed by atoms with van der Waals surface area (Å²) < 4.78 is 16.8. The molecular formula is C18H24N2O3. The van der Waals surface area contributed by atoms with Crippen molar-refractivity contribution in [3.8, 4) is 23.0 Å². The fraction of sp³-hybridized carbons (Fsp3) is 0.500. The number of ether oxygens (including phenoxy) is 2. The van der Waals surface area contributed by atoms with Gasteiger partial charge in [0.2, 0.25) is 5.89 Å². The number of hydrogen-bond acceptors (Lipinski definition) is 5. The molecule has 1 aromatic heterocycles. The second-order valence-electron chi connectivity index (χ2n) is 5.98. The van der Waals surface area contributed by atoms with Gasteiger partial charge in [-0.2, -0.15) is 0 Å².